The average Bonchev–Trinajstić information content (AvgIpc) is 2.61. The highest BCUT2D eigenvalue weighted by Crippen LogP contribution is 2.33. The molecular weight excluding hydrogens is 304 g/mol. The van der Waals surface area contributed by atoms with E-state index in [1.807, 2.05) is 13.0 Å². The van der Waals surface area contributed by atoms with Gasteiger partial charge in [0, 0.05) is 26.2 Å². The molecule has 2 heterocycles. The van der Waals surface area contributed by atoms with Crippen LogP contribution >= 0.6 is 0 Å². The van der Waals surface area contributed by atoms with Crippen LogP contribution in [0, 0.1) is 5.41 Å². The number of likely N-dealkylation sites (tertiary alicyclic amines) is 1. The zero-order chi connectivity index (χ0) is 17.2. The van der Waals surface area contributed by atoms with Gasteiger partial charge in [0.1, 0.15) is 0 Å². The van der Waals surface area contributed by atoms with Crippen molar-refractivity contribution in [2.75, 3.05) is 26.2 Å². The van der Waals surface area contributed by atoms with Crippen LogP contribution in [0.5, 0.6) is 0 Å². The first-order chi connectivity index (χ1) is 11.5. The average molecular weight is 330 g/mol. The number of carbonyl (C=O) groups excluding carboxylic acids is 1. The third kappa shape index (κ3) is 3.31. The lowest BCUT2D eigenvalue weighted by Gasteiger charge is -2.40. The fourth-order valence-electron chi connectivity index (χ4n) is 3.94. The topological polar surface area (TPSA) is 60.9 Å². The molecular formula is C19H26N2O3. The van der Waals surface area contributed by atoms with Gasteiger partial charge < -0.3 is 10.0 Å². The van der Waals surface area contributed by atoms with E-state index in [0.717, 1.165) is 25.9 Å². The Morgan fingerprint density at radius 3 is 2.67 bits per heavy atom. The van der Waals surface area contributed by atoms with Crippen molar-refractivity contribution in [2.24, 2.45) is 5.41 Å². The Morgan fingerprint density at radius 2 is 1.96 bits per heavy atom. The lowest BCUT2D eigenvalue weighted by molar-refractivity contribution is -0.155. The summed E-state index contributed by atoms with van der Waals surface area (Å²) in [6.45, 7) is 5.00. The third-order valence-corrected chi connectivity index (χ3v) is 5.63. The van der Waals surface area contributed by atoms with Gasteiger partial charge in [0.2, 0.25) is 5.91 Å². The van der Waals surface area contributed by atoms with Gasteiger partial charge in [0.05, 0.1) is 12.0 Å². The Balaban J connectivity index is 1.62. The van der Waals surface area contributed by atoms with Crippen molar-refractivity contribution in [1.29, 1.82) is 0 Å². The van der Waals surface area contributed by atoms with Crippen LogP contribution in [-0.4, -0.2) is 53.0 Å². The smallest absolute Gasteiger partial charge is 0.311 e. The number of amides is 1. The molecule has 1 amide bonds. The quantitative estimate of drug-likeness (QED) is 0.919. The minimum atomic E-state index is -0.769. The molecule has 5 nitrogen and oxygen atoms in total. The van der Waals surface area contributed by atoms with Crippen molar-refractivity contribution in [3.05, 3.63) is 35.4 Å². The molecule has 5 heteroatoms. The van der Waals surface area contributed by atoms with Gasteiger partial charge in [-0.05, 0) is 36.8 Å². The summed E-state index contributed by atoms with van der Waals surface area (Å²) in [6, 6.07) is 8.38. The van der Waals surface area contributed by atoms with Gasteiger partial charge in [-0.1, -0.05) is 31.2 Å². The molecule has 1 saturated heterocycles. The van der Waals surface area contributed by atoms with Crippen molar-refractivity contribution in [3.8, 4) is 0 Å². The Morgan fingerprint density at radius 1 is 1.21 bits per heavy atom. The second-order valence-electron chi connectivity index (χ2n) is 7.09. The van der Waals surface area contributed by atoms with Crippen LogP contribution in [-0.2, 0) is 22.6 Å². The highest BCUT2D eigenvalue weighted by Gasteiger charge is 2.42. The molecule has 1 aromatic rings. The molecule has 1 aromatic carbocycles. The summed E-state index contributed by atoms with van der Waals surface area (Å²) < 4.78 is 0. The Bertz CT molecular complexity index is 631. The fourth-order valence-corrected chi connectivity index (χ4v) is 3.94. The minimum Gasteiger partial charge on any atom is -0.481 e. The number of nitrogens with zero attached hydrogens (tertiary/aromatic N) is 2. The van der Waals surface area contributed by atoms with Crippen LogP contribution in [0.2, 0.25) is 0 Å². The Labute approximate surface area is 143 Å². The number of piperidine rings is 1. The van der Waals surface area contributed by atoms with Crippen molar-refractivity contribution in [1.82, 2.24) is 9.80 Å². The zero-order valence-corrected chi connectivity index (χ0v) is 14.3. The van der Waals surface area contributed by atoms with Gasteiger partial charge >= 0.3 is 5.97 Å². The summed E-state index contributed by atoms with van der Waals surface area (Å²) in [5, 5.41) is 9.57. The van der Waals surface area contributed by atoms with Crippen LogP contribution in [0.3, 0.4) is 0 Å². The molecule has 1 fully saturated rings. The van der Waals surface area contributed by atoms with Crippen LogP contribution < -0.4 is 0 Å². The van der Waals surface area contributed by atoms with E-state index in [2.05, 4.69) is 23.1 Å². The van der Waals surface area contributed by atoms with Gasteiger partial charge in [-0.25, -0.2) is 0 Å². The zero-order valence-electron chi connectivity index (χ0n) is 14.3. The normalized spacial score (nSPS) is 24.5. The SMILES string of the molecule is CCC1(C(=O)O)CCCN(C(=O)CN2CCc3ccccc3C2)C1. The van der Waals surface area contributed by atoms with Gasteiger partial charge in [-0.3, -0.25) is 14.5 Å². The first-order valence-corrected chi connectivity index (χ1v) is 8.84. The maximum absolute atomic E-state index is 12.7. The number of hydrogen-bond donors (Lipinski definition) is 1. The predicted octanol–water partition coefficient (Wildman–Crippen LogP) is 2.15. The monoisotopic (exact) mass is 330 g/mol. The van der Waals surface area contributed by atoms with E-state index in [-0.39, 0.29) is 5.91 Å². The first-order valence-electron chi connectivity index (χ1n) is 8.84. The third-order valence-electron chi connectivity index (χ3n) is 5.63. The van der Waals surface area contributed by atoms with E-state index in [4.69, 9.17) is 0 Å². The molecule has 0 saturated carbocycles. The number of carbonyl (C=O) groups is 2. The minimum absolute atomic E-state index is 0.0631. The van der Waals surface area contributed by atoms with E-state index in [9.17, 15) is 14.7 Å². The van der Waals surface area contributed by atoms with Crippen molar-refractivity contribution >= 4 is 11.9 Å². The summed E-state index contributed by atoms with van der Waals surface area (Å²) in [6.07, 6.45) is 2.98. The van der Waals surface area contributed by atoms with E-state index in [1.165, 1.54) is 11.1 Å². The molecule has 2 aliphatic rings. The highest BCUT2D eigenvalue weighted by molar-refractivity contribution is 5.81. The Hall–Kier alpha value is -1.88. The van der Waals surface area contributed by atoms with Gasteiger partial charge in [0.25, 0.3) is 0 Å². The molecule has 1 atom stereocenters. The number of benzene rings is 1. The molecule has 0 bridgehead atoms. The number of aliphatic carboxylic acids is 1. The van der Waals surface area contributed by atoms with Crippen molar-refractivity contribution in [3.63, 3.8) is 0 Å². The molecule has 0 spiro atoms. The van der Waals surface area contributed by atoms with Gasteiger partial charge in [-0.2, -0.15) is 0 Å². The molecule has 130 valence electrons. The van der Waals surface area contributed by atoms with Crippen molar-refractivity contribution in [2.45, 2.75) is 39.2 Å². The second-order valence-corrected chi connectivity index (χ2v) is 7.09. The summed E-state index contributed by atoms with van der Waals surface area (Å²) in [5.74, 6) is -0.706. The molecule has 0 radical (unpaired) electrons. The maximum atomic E-state index is 12.7. The number of fused-ring (bicyclic) bond motifs is 1. The van der Waals surface area contributed by atoms with Crippen LogP contribution in [0.25, 0.3) is 0 Å². The predicted molar refractivity (Wildman–Crippen MR) is 91.6 cm³/mol. The summed E-state index contributed by atoms with van der Waals surface area (Å²) >= 11 is 0. The van der Waals surface area contributed by atoms with Crippen LogP contribution in [0.1, 0.15) is 37.3 Å². The molecule has 3 rings (SSSR count). The Kier molecular flexibility index (Phi) is 4.90. The lowest BCUT2D eigenvalue weighted by atomic mass is 9.77. The van der Waals surface area contributed by atoms with E-state index < -0.39 is 11.4 Å². The second kappa shape index (κ2) is 6.93. The molecule has 0 aliphatic carbocycles. The summed E-state index contributed by atoms with van der Waals surface area (Å²) in [7, 11) is 0. The molecule has 24 heavy (non-hydrogen) atoms. The van der Waals surface area contributed by atoms with E-state index in [1.54, 1.807) is 4.90 Å². The number of hydrogen-bond acceptors (Lipinski definition) is 3. The van der Waals surface area contributed by atoms with Crippen LogP contribution in [0.4, 0.5) is 0 Å². The number of carboxylic acids is 1. The molecule has 1 N–H and O–H groups in total. The summed E-state index contributed by atoms with van der Waals surface area (Å²) in [4.78, 5) is 28.3. The maximum Gasteiger partial charge on any atom is 0.311 e. The van der Waals surface area contributed by atoms with E-state index in [0.29, 0.717) is 32.5 Å². The lowest BCUT2D eigenvalue weighted by Crippen LogP contribution is -2.52. The highest BCUT2D eigenvalue weighted by atomic mass is 16.4. The number of carboxylic acid groups (broad SMARTS) is 1. The van der Waals surface area contributed by atoms with Gasteiger partial charge in [0.15, 0.2) is 0 Å². The summed E-state index contributed by atoms with van der Waals surface area (Å²) in [5.41, 5.74) is 1.90. The molecule has 1 unspecified atom stereocenters. The first kappa shape index (κ1) is 17.0. The number of rotatable bonds is 4. The largest absolute Gasteiger partial charge is 0.481 e. The van der Waals surface area contributed by atoms with E-state index >= 15 is 0 Å². The van der Waals surface area contributed by atoms with Crippen molar-refractivity contribution < 1.29 is 14.7 Å². The molecule has 2 aliphatic heterocycles. The van der Waals surface area contributed by atoms with Gasteiger partial charge in [-0.15, -0.1) is 0 Å². The fraction of sp³-hybridized carbons (Fsp3) is 0.579. The van der Waals surface area contributed by atoms with Crippen LogP contribution in [0.15, 0.2) is 24.3 Å². The molecule has 0 aromatic heterocycles. The standard InChI is InChI=1S/C19H26N2O3/c1-2-19(18(23)24)9-5-10-21(14-19)17(22)13-20-11-8-15-6-3-4-7-16(15)12-20/h3-4,6-7H,2,5,8-14H2,1H3,(H,23,24).